The fraction of sp³-hybridized carbons (Fsp3) is 0.105. The molecule has 7 heteroatoms. The molecule has 1 amide bonds. The molecule has 7 nitrogen and oxygen atoms in total. The Kier molecular flexibility index (Phi) is 4.10. The fourth-order valence-electron chi connectivity index (χ4n) is 2.78. The van der Waals surface area contributed by atoms with Gasteiger partial charge < -0.3 is 5.32 Å². The van der Waals surface area contributed by atoms with Crippen molar-refractivity contribution < 1.29 is 4.79 Å². The van der Waals surface area contributed by atoms with E-state index >= 15 is 0 Å². The maximum Gasteiger partial charge on any atom is 0.252 e. The van der Waals surface area contributed by atoms with E-state index in [1.165, 1.54) is 11.0 Å². The summed E-state index contributed by atoms with van der Waals surface area (Å²) in [7, 11) is 0. The lowest BCUT2D eigenvalue weighted by Gasteiger charge is -2.14. The number of hydrogen-bond donors (Lipinski definition) is 1. The number of amides is 1. The number of nitrogens with one attached hydrogen (secondary N) is 1. The topological polar surface area (TPSA) is 85.6 Å². The smallest absolute Gasteiger partial charge is 0.252 e. The van der Waals surface area contributed by atoms with Crippen LogP contribution in [0.1, 0.15) is 29.1 Å². The van der Waals surface area contributed by atoms with Crippen LogP contribution in [0.5, 0.6) is 0 Å². The molecule has 4 rings (SSSR count). The van der Waals surface area contributed by atoms with Crippen molar-refractivity contribution in [3.8, 4) is 5.95 Å². The molecule has 1 N–H and O–H groups in total. The summed E-state index contributed by atoms with van der Waals surface area (Å²) in [5.74, 6) is 0.795. The molecule has 1 atom stereocenters. The van der Waals surface area contributed by atoms with Crippen molar-refractivity contribution in [1.29, 1.82) is 0 Å². The van der Waals surface area contributed by atoms with Crippen LogP contribution < -0.4 is 5.32 Å². The van der Waals surface area contributed by atoms with Crippen LogP contribution in [-0.4, -0.2) is 30.6 Å². The zero-order valence-corrected chi connectivity index (χ0v) is 14.1. The number of benzene rings is 2. The van der Waals surface area contributed by atoms with Gasteiger partial charge in [-0.2, -0.15) is 9.78 Å². The first kappa shape index (κ1) is 15.9. The van der Waals surface area contributed by atoms with Gasteiger partial charge in [-0.15, -0.1) is 0 Å². The van der Waals surface area contributed by atoms with Gasteiger partial charge in [0, 0.05) is 18.0 Å². The lowest BCUT2D eigenvalue weighted by molar-refractivity contribution is 0.0938. The molecule has 26 heavy (non-hydrogen) atoms. The minimum absolute atomic E-state index is 0.174. The van der Waals surface area contributed by atoms with Crippen LogP contribution in [0.4, 0.5) is 0 Å². The van der Waals surface area contributed by atoms with Gasteiger partial charge in [-0.05, 0) is 35.9 Å². The number of nitrogens with zero attached hydrogens (tertiary/aromatic N) is 5. The van der Waals surface area contributed by atoms with Crippen LogP contribution in [0.15, 0.2) is 67.3 Å². The Hall–Kier alpha value is -3.61. The lowest BCUT2D eigenvalue weighted by atomic mass is 10.1. The quantitative estimate of drug-likeness (QED) is 0.615. The van der Waals surface area contributed by atoms with Crippen LogP contribution >= 0.6 is 0 Å². The predicted molar refractivity (Wildman–Crippen MR) is 96.8 cm³/mol. The molecule has 0 saturated carbocycles. The standard InChI is InChI=1S/C19H16N6O/c1-13(17-22-12-23-25(17)19-20-9-4-10-21-19)24-18(26)16-8-7-14-5-2-3-6-15(14)11-16/h2-13H,1H3,(H,24,26)/t13-/m1/s1. The van der Waals surface area contributed by atoms with Gasteiger partial charge in [0.05, 0.1) is 6.04 Å². The predicted octanol–water partition coefficient (Wildman–Crippen LogP) is 2.70. The second-order valence-electron chi connectivity index (χ2n) is 5.84. The van der Waals surface area contributed by atoms with Crippen molar-refractivity contribution in [1.82, 2.24) is 30.0 Å². The molecule has 0 saturated heterocycles. The summed E-state index contributed by atoms with van der Waals surface area (Å²) in [5.41, 5.74) is 0.595. The lowest BCUT2D eigenvalue weighted by Crippen LogP contribution is -2.29. The number of aromatic nitrogens is 5. The molecule has 0 radical (unpaired) electrons. The van der Waals surface area contributed by atoms with Crippen LogP contribution in [0, 0.1) is 0 Å². The van der Waals surface area contributed by atoms with Gasteiger partial charge in [-0.1, -0.05) is 30.3 Å². The van der Waals surface area contributed by atoms with Crippen molar-refractivity contribution in [2.45, 2.75) is 13.0 Å². The Morgan fingerprint density at radius 3 is 2.58 bits per heavy atom. The largest absolute Gasteiger partial charge is 0.342 e. The van der Waals surface area contributed by atoms with Crippen LogP contribution in [0.25, 0.3) is 16.7 Å². The van der Waals surface area contributed by atoms with E-state index in [1.54, 1.807) is 18.5 Å². The highest BCUT2D eigenvalue weighted by atomic mass is 16.1. The number of hydrogen-bond acceptors (Lipinski definition) is 5. The fourth-order valence-corrected chi connectivity index (χ4v) is 2.78. The second-order valence-corrected chi connectivity index (χ2v) is 5.84. The van der Waals surface area contributed by atoms with Crippen LogP contribution in [-0.2, 0) is 0 Å². The first-order chi connectivity index (χ1) is 12.7. The monoisotopic (exact) mass is 344 g/mol. The highest BCUT2D eigenvalue weighted by Gasteiger charge is 2.18. The van der Waals surface area contributed by atoms with E-state index in [0.29, 0.717) is 17.3 Å². The molecule has 0 aliphatic carbocycles. The summed E-state index contributed by atoms with van der Waals surface area (Å²) in [4.78, 5) is 25.2. The summed E-state index contributed by atoms with van der Waals surface area (Å²) in [6.45, 7) is 1.85. The molecule has 2 aromatic heterocycles. The number of carbonyl (C=O) groups excluding carboxylic acids is 1. The third-order valence-corrected chi connectivity index (χ3v) is 4.06. The molecule has 4 aromatic rings. The zero-order chi connectivity index (χ0) is 17.9. The van der Waals surface area contributed by atoms with E-state index in [2.05, 4.69) is 25.4 Å². The summed E-state index contributed by atoms with van der Waals surface area (Å²) in [6, 6.07) is 14.9. The average Bonchev–Trinajstić information content (AvgIpc) is 3.18. The SMILES string of the molecule is C[C@@H](NC(=O)c1ccc2ccccc2c1)c1ncnn1-c1ncccn1. The molecule has 2 heterocycles. The second kappa shape index (κ2) is 6.72. The van der Waals surface area contributed by atoms with E-state index in [4.69, 9.17) is 0 Å². The third kappa shape index (κ3) is 3.02. The van der Waals surface area contributed by atoms with Gasteiger partial charge in [0.15, 0.2) is 5.82 Å². The molecular formula is C19H16N6O. The molecule has 0 spiro atoms. The number of rotatable bonds is 4. The molecule has 128 valence electrons. The van der Waals surface area contributed by atoms with Gasteiger partial charge in [0.25, 0.3) is 11.9 Å². The van der Waals surface area contributed by atoms with E-state index < -0.39 is 0 Å². The normalized spacial score (nSPS) is 12.0. The van der Waals surface area contributed by atoms with Crippen molar-refractivity contribution in [3.63, 3.8) is 0 Å². The van der Waals surface area contributed by atoms with E-state index in [0.717, 1.165) is 10.8 Å². The first-order valence-corrected chi connectivity index (χ1v) is 8.19. The Bertz CT molecular complexity index is 1060. The Balaban J connectivity index is 1.57. The zero-order valence-electron chi connectivity index (χ0n) is 14.1. The van der Waals surface area contributed by atoms with Crippen molar-refractivity contribution in [3.05, 3.63) is 78.6 Å². The first-order valence-electron chi connectivity index (χ1n) is 8.19. The Morgan fingerprint density at radius 2 is 1.77 bits per heavy atom. The highest BCUT2D eigenvalue weighted by Crippen LogP contribution is 2.17. The van der Waals surface area contributed by atoms with Gasteiger partial charge in [0.1, 0.15) is 6.33 Å². The van der Waals surface area contributed by atoms with Crippen LogP contribution in [0.3, 0.4) is 0 Å². The molecule has 2 aromatic carbocycles. The molecule has 0 aliphatic heterocycles. The van der Waals surface area contributed by atoms with E-state index in [1.807, 2.05) is 49.4 Å². The third-order valence-electron chi connectivity index (χ3n) is 4.06. The maximum atomic E-state index is 12.6. The molecule has 0 bridgehead atoms. The number of fused-ring (bicyclic) bond motifs is 1. The van der Waals surface area contributed by atoms with E-state index in [9.17, 15) is 4.79 Å². The number of carbonyl (C=O) groups is 1. The van der Waals surface area contributed by atoms with E-state index in [-0.39, 0.29) is 11.9 Å². The molecule has 0 aliphatic rings. The molecule has 0 fully saturated rings. The maximum absolute atomic E-state index is 12.6. The summed E-state index contributed by atoms with van der Waals surface area (Å²) in [6.07, 6.45) is 4.68. The summed E-state index contributed by atoms with van der Waals surface area (Å²) in [5, 5.41) is 9.23. The molecule has 0 unspecified atom stereocenters. The van der Waals surface area contributed by atoms with Crippen LogP contribution in [0.2, 0.25) is 0 Å². The average molecular weight is 344 g/mol. The van der Waals surface area contributed by atoms with Gasteiger partial charge >= 0.3 is 0 Å². The van der Waals surface area contributed by atoms with Gasteiger partial charge in [0.2, 0.25) is 0 Å². The minimum Gasteiger partial charge on any atom is -0.342 e. The van der Waals surface area contributed by atoms with Crippen molar-refractivity contribution >= 4 is 16.7 Å². The van der Waals surface area contributed by atoms with Crippen molar-refractivity contribution in [2.24, 2.45) is 0 Å². The Morgan fingerprint density at radius 1 is 1.00 bits per heavy atom. The highest BCUT2D eigenvalue weighted by molar-refractivity contribution is 5.98. The minimum atomic E-state index is -0.361. The van der Waals surface area contributed by atoms with Gasteiger partial charge in [-0.3, -0.25) is 4.79 Å². The molecular weight excluding hydrogens is 328 g/mol. The summed E-state index contributed by atoms with van der Waals surface area (Å²) < 4.78 is 1.52. The van der Waals surface area contributed by atoms with Gasteiger partial charge in [-0.25, -0.2) is 15.0 Å². The van der Waals surface area contributed by atoms with Crippen molar-refractivity contribution in [2.75, 3.05) is 0 Å². The summed E-state index contributed by atoms with van der Waals surface area (Å²) >= 11 is 0. The Labute approximate surface area is 149 Å².